The normalized spacial score (nSPS) is 12.4. The minimum absolute atomic E-state index is 0.0286. The highest BCUT2D eigenvalue weighted by Crippen LogP contribution is 2.32. The second-order valence-corrected chi connectivity index (χ2v) is 9.16. The van der Waals surface area contributed by atoms with Crippen molar-refractivity contribution >= 4 is 45.6 Å². The summed E-state index contributed by atoms with van der Waals surface area (Å²) in [7, 11) is 1.54. The standard InChI is InChI=1S/C21H29BrClN3O3/c1-13(2)17(7-8-24-12-19(28)26-21(3,4)5)25-18(27)10-14-9-15(23)11-16(22)20(14)29-6/h7-9,11,13H,10,12H2,1-6H3,(H,25,27)(H,26,28)/b17-7+,24-8?. The van der Waals surface area contributed by atoms with Gasteiger partial charge in [0.2, 0.25) is 11.8 Å². The second-order valence-electron chi connectivity index (χ2n) is 7.87. The van der Waals surface area contributed by atoms with E-state index in [1.165, 1.54) is 6.21 Å². The second kappa shape index (κ2) is 11.4. The maximum atomic E-state index is 12.5. The molecular formula is C21H29BrClN3O3. The molecular weight excluding hydrogens is 458 g/mol. The lowest BCUT2D eigenvalue weighted by Crippen LogP contribution is -2.41. The molecule has 0 aliphatic rings. The third-order valence-electron chi connectivity index (χ3n) is 3.66. The zero-order chi connectivity index (χ0) is 22.2. The van der Waals surface area contributed by atoms with Crippen LogP contribution < -0.4 is 15.4 Å². The zero-order valence-corrected chi connectivity index (χ0v) is 20.1. The Morgan fingerprint density at radius 2 is 1.93 bits per heavy atom. The highest BCUT2D eigenvalue weighted by molar-refractivity contribution is 9.10. The summed E-state index contributed by atoms with van der Waals surface area (Å²) in [5.74, 6) is 0.292. The molecule has 29 heavy (non-hydrogen) atoms. The summed E-state index contributed by atoms with van der Waals surface area (Å²) in [5.41, 5.74) is 1.09. The van der Waals surface area contributed by atoms with Crippen molar-refractivity contribution in [2.45, 2.75) is 46.6 Å². The predicted octanol–water partition coefficient (Wildman–Crippen LogP) is 4.30. The van der Waals surface area contributed by atoms with Crippen molar-refractivity contribution < 1.29 is 14.3 Å². The molecule has 0 spiro atoms. The lowest BCUT2D eigenvalue weighted by Gasteiger charge is -2.19. The summed E-state index contributed by atoms with van der Waals surface area (Å²) in [5, 5.41) is 6.25. The van der Waals surface area contributed by atoms with Gasteiger partial charge < -0.3 is 15.4 Å². The van der Waals surface area contributed by atoms with Crippen LogP contribution in [-0.2, 0) is 16.0 Å². The SMILES string of the molecule is COc1c(Br)cc(Cl)cc1CC(=O)N/C(=C/C=NCC(=O)NC(C)(C)C)C(C)C. The Morgan fingerprint density at radius 1 is 1.28 bits per heavy atom. The Balaban J connectivity index is 2.79. The molecule has 0 radical (unpaired) electrons. The summed E-state index contributed by atoms with van der Waals surface area (Å²) < 4.78 is 6.05. The van der Waals surface area contributed by atoms with Gasteiger partial charge in [-0.2, -0.15) is 0 Å². The fourth-order valence-corrected chi connectivity index (χ4v) is 3.49. The quantitative estimate of drug-likeness (QED) is 0.538. The number of aliphatic imine (C=N–C) groups is 1. The van der Waals surface area contributed by atoms with Crippen LogP contribution in [-0.4, -0.2) is 37.2 Å². The van der Waals surface area contributed by atoms with E-state index in [0.29, 0.717) is 26.5 Å². The number of amides is 2. The number of hydrogen-bond acceptors (Lipinski definition) is 4. The average Bonchev–Trinajstić information content (AvgIpc) is 2.55. The Labute approximate surface area is 186 Å². The molecule has 0 unspecified atom stereocenters. The minimum atomic E-state index is -0.296. The molecule has 2 N–H and O–H groups in total. The van der Waals surface area contributed by atoms with Crippen molar-refractivity contribution in [1.82, 2.24) is 10.6 Å². The van der Waals surface area contributed by atoms with E-state index < -0.39 is 0 Å². The molecule has 0 saturated heterocycles. The summed E-state index contributed by atoms with van der Waals surface area (Å²) in [6.07, 6.45) is 3.35. The van der Waals surface area contributed by atoms with E-state index in [0.717, 1.165) is 0 Å². The number of methoxy groups -OCH3 is 1. The van der Waals surface area contributed by atoms with Crippen LogP contribution in [0.2, 0.25) is 5.02 Å². The molecule has 2 amide bonds. The fraction of sp³-hybridized carbons (Fsp3) is 0.476. The summed E-state index contributed by atoms with van der Waals surface area (Å²) in [6.45, 7) is 9.68. The summed E-state index contributed by atoms with van der Waals surface area (Å²) in [6, 6.07) is 3.42. The van der Waals surface area contributed by atoms with Gasteiger partial charge in [0.25, 0.3) is 0 Å². The van der Waals surface area contributed by atoms with E-state index >= 15 is 0 Å². The number of carbonyl (C=O) groups excluding carboxylic acids is 2. The van der Waals surface area contributed by atoms with Gasteiger partial charge in [-0.3, -0.25) is 14.6 Å². The van der Waals surface area contributed by atoms with E-state index in [1.807, 2.05) is 34.6 Å². The fourth-order valence-electron chi connectivity index (χ4n) is 2.46. The van der Waals surface area contributed by atoms with Crippen molar-refractivity contribution in [1.29, 1.82) is 0 Å². The molecule has 0 aromatic heterocycles. The molecule has 6 nitrogen and oxygen atoms in total. The summed E-state index contributed by atoms with van der Waals surface area (Å²) >= 11 is 9.48. The van der Waals surface area contributed by atoms with E-state index in [1.54, 1.807) is 25.3 Å². The Morgan fingerprint density at radius 3 is 2.48 bits per heavy atom. The van der Waals surface area contributed by atoms with Crippen LogP contribution in [0.1, 0.15) is 40.2 Å². The molecule has 160 valence electrons. The van der Waals surface area contributed by atoms with Gasteiger partial charge in [0, 0.05) is 28.0 Å². The average molecular weight is 487 g/mol. The first-order valence-electron chi connectivity index (χ1n) is 9.25. The number of carbonyl (C=O) groups is 2. The lowest BCUT2D eigenvalue weighted by atomic mass is 10.1. The molecule has 0 atom stereocenters. The molecule has 0 bridgehead atoms. The maximum Gasteiger partial charge on any atom is 0.242 e. The topological polar surface area (TPSA) is 79.8 Å². The van der Waals surface area contributed by atoms with Crippen molar-refractivity contribution in [3.63, 3.8) is 0 Å². The number of rotatable bonds is 8. The van der Waals surface area contributed by atoms with Gasteiger partial charge in [0.1, 0.15) is 12.3 Å². The van der Waals surface area contributed by atoms with Crippen molar-refractivity contribution in [3.05, 3.63) is 39.0 Å². The van der Waals surface area contributed by atoms with E-state index in [4.69, 9.17) is 16.3 Å². The first-order valence-corrected chi connectivity index (χ1v) is 10.4. The number of allylic oxidation sites excluding steroid dienone is 2. The monoisotopic (exact) mass is 485 g/mol. The molecule has 0 fully saturated rings. The summed E-state index contributed by atoms with van der Waals surface area (Å²) in [4.78, 5) is 28.4. The molecule has 0 saturated carbocycles. The van der Waals surface area contributed by atoms with Crippen LogP contribution in [0.3, 0.4) is 0 Å². The van der Waals surface area contributed by atoms with Gasteiger partial charge in [-0.25, -0.2) is 0 Å². The third kappa shape index (κ3) is 9.45. The zero-order valence-electron chi connectivity index (χ0n) is 17.7. The van der Waals surface area contributed by atoms with Gasteiger partial charge in [0.05, 0.1) is 18.0 Å². The minimum Gasteiger partial charge on any atom is -0.495 e. The number of benzene rings is 1. The van der Waals surface area contributed by atoms with Crippen molar-refractivity contribution in [3.8, 4) is 5.75 Å². The molecule has 0 heterocycles. The first-order chi connectivity index (χ1) is 13.4. The van der Waals surface area contributed by atoms with E-state index in [2.05, 4.69) is 31.6 Å². The largest absolute Gasteiger partial charge is 0.495 e. The van der Waals surface area contributed by atoms with Gasteiger partial charge in [-0.1, -0.05) is 25.4 Å². The molecule has 1 aromatic rings. The van der Waals surface area contributed by atoms with Gasteiger partial charge in [0.15, 0.2) is 0 Å². The van der Waals surface area contributed by atoms with Gasteiger partial charge in [-0.05, 0) is 60.8 Å². The van der Waals surface area contributed by atoms with Crippen LogP contribution >= 0.6 is 27.5 Å². The number of ether oxygens (including phenoxy) is 1. The van der Waals surface area contributed by atoms with Crippen molar-refractivity contribution in [2.24, 2.45) is 10.9 Å². The van der Waals surface area contributed by atoms with Crippen LogP contribution in [0.25, 0.3) is 0 Å². The van der Waals surface area contributed by atoms with Crippen LogP contribution in [0.5, 0.6) is 5.75 Å². The van der Waals surface area contributed by atoms with Crippen LogP contribution in [0, 0.1) is 5.92 Å². The van der Waals surface area contributed by atoms with Crippen LogP contribution in [0.4, 0.5) is 0 Å². The number of nitrogens with zero attached hydrogens (tertiary/aromatic N) is 1. The van der Waals surface area contributed by atoms with Crippen LogP contribution in [0.15, 0.2) is 33.4 Å². The van der Waals surface area contributed by atoms with E-state index in [9.17, 15) is 9.59 Å². The predicted molar refractivity (Wildman–Crippen MR) is 122 cm³/mol. The van der Waals surface area contributed by atoms with Gasteiger partial charge in [-0.15, -0.1) is 0 Å². The molecule has 1 rings (SSSR count). The highest BCUT2D eigenvalue weighted by Gasteiger charge is 2.15. The number of halogens is 2. The Kier molecular flexibility index (Phi) is 9.86. The van der Waals surface area contributed by atoms with Gasteiger partial charge >= 0.3 is 0 Å². The maximum absolute atomic E-state index is 12.5. The van der Waals surface area contributed by atoms with Crippen molar-refractivity contribution in [2.75, 3.05) is 13.7 Å². The smallest absolute Gasteiger partial charge is 0.242 e. The number of hydrogen-bond donors (Lipinski definition) is 2. The Bertz CT molecular complexity index is 799. The molecule has 0 aliphatic carbocycles. The highest BCUT2D eigenvalue weighted by atomic mass is 79.9. The molecule has 0 aliphatic heterocycles. The van der Waals surface area contributed by atoms with E-state index in [-0.39, 0.29) is 36.2 Å². The Hall–Kier alpha value is -1.86. The third-order valence-corrected chi connectivity index (χ3v) is 4.46. The number of nitrogens with one attached hydrogen (secondary N) is 2. The molecule has 8 heteroatoms. The first kappa shape index (κ1) is 25.2. The molecule has 1 aromatic carbocycles. The lowest BCUT2D eigenvalue weighted by molar-refractivity contribution is -0.121.